The van der Waals surface area contributed by atoms with Gasteiger partial charge in [-0.2, -0.15) is 0 Å². The zero-order chi connectivity index (χ0) is 32.3. The van der Waals surface area contributed by atoms with E-state index in [2.05, 4.69) is 202 Å². The summed E-state index contributed by atoms with van der Waals surface area (Å²) in [7, 11) is 0. The lowest BCUT2D eigenvalue weighted by Crippen LogP contribution is -2.10. The standard InChI is InChI=1S/C46H31N3/c1-4-16-33(17-5-1)47(34-18-6-2-7-19-34)36-22-14-23-37(29-36)48-43-26-13-12-25-39(43)41-30-42-40-28-27-32-15-10-11-24-38(32)46(40)49(45(42)31-44(41)48)35-20-8-3-9-21-35/h1-31H. The van der Waals surface area contributed by atoms with Crippen molar-refractivity contribution in [3.63, 3.8) is 0 Å². The van der Waals surface area contributed by atoms with E-state index in [1.165, 1.54) is 54.4 Å². The molecule has 0 saturated carbocycles. The van der Waals surface area contributed by atoms with Crippen molar-refractivity contribution in [2.45, 2.75) is 0 Å². The fourth-order valence-corrected chi connectivity index (χ4v) is 7.73. The number of fused-ring (bicyclic) bond motifs is 8. The van der Waals surface area contributed by atoms with Crippen molar-refractivity contribution in [1.82, 2.24) is 9.13 Å². The Morgan fingerprint density at radius 2 is 0.878 bits per heavy atom. The molecule has 3 nitrogen and oxygen atoms in total. The highest BCUT2D eigenvalue weighted by Crippen LogP contribution is 2.42. The first-order chi connectivity index (χ1) is 24.3. The summed E-state index contributed by atoms with van der Waals surface area (Å²) in [6.07, 6.45) is 0. The Kier molecular flexibility index (Phi) is 6.18. The summed E-state index contributed by atoms with van der Waals surface area (Å²) in [6.45, 7) is 0. The van der Waals surface area contributed by atoms with E-state index in [1.807, 2.05) is 0 Å². The maximum Gasteiger partial charge on any atom is 0.0619 e. The monoisotopic (exact) mass is 625 g/mol. The van der Waals surface area contributed by atoms with Gasteiger partial charge in [0.05, 0.1) is 22.1 Å². The predicted octanol–water partition coefficient (Wildman–Crippen LogP) is 12.5. The topological polar surface area (TPSA) is 13.1 Å². The van der Waals surface area contributed by atoms with E-state index in [-0.39, 0.29) is 0 Å². The first-order valence-electron chi connectivity index (χ1n) is 16.8. The van der Waals surface area contributed by atoms with Crippen molar-refractivity contribution in [1.29, 1.82) is 0 Å². The number of hydrogen-bond donors (Lipinski definition) is 0. The van der Waals surface area contributed by atoms with Gasteiger partial charge >= 0.3 is 0 Å². The molecule has 0 unspecified atom stereocenters. The van der Waals surface area contributed by atoms with Crippen molar-refractivity contribution >= 4 is 71.4 Å². The molecule has 10 rings (SSSR count). The smallest absolute Gasteiger partial charge is 0.0619 e. The Morgan fingerprint density at radius 3 is 1.63 bits per heavy atom. The van der Waals surface area contributed by atoms with Gasteiger partial charge in [0.25, 0.3) is 0 Å². The molecule has 2 heterocycles. The zero-order valence-electron chi connectivity index (χ0n) is 26.7. The molecule has 49 heavy (non-hydrogen) atoms. The number of rotatable bonds is 5. The Balaban J connectivity index is 1.29. The van der Waals surface area contributed by atoms with Crippen LogP contribution < -0.4 is 4.90 Å². The Hall–Kier alpha value is -6.58. The van der Waals surface area contributed by atoms with Crippen molar-refractivity contribution in [2.24, 2.45) is 0 Å². The largest absolute Gasteiger partial charge is 0.310 e. The van der Waals surface area contributed by atoms with Gasteiger partial charge in [0.2, 0.25) is 0 Å². The number of para-hydroxylation sites is 4. The van der Waals surface area contributed by atoms with Crippen molar-refractivity contribution in [2.75, 3.05) is 4.90 Å². The molecule has 0 bridgehead atoms. The first-order valence-corrected chi connectivity index (χ1v) is 16.8. The van der Waals surface area contributed by atoms with Gasteiger partial charge < -0.3 is 14.0 Å². The van der Waals surface area contributed by atoms with Crippen LogP contribution in [0.5, 0.6) is 0 Å². The van der Waals surface area contributed by atoms with Crippen LogP contribution in [-0.2, 0) is 0 Å². The van der Waals surface area contributed by atoms with Gasteiger partial charge in [0.15, 0.2) is 0 Å². The zero-order valence-corrected chi connectivity index (χ0v) is 26.7. The number of hydrogen-bond acceptors (Lipinski definition) is 1. The van der Waals surface area contributed by atoms with E-state index in [0.717, 1.165) is 28.4 Å². The highest BCUT2D eigenvalue weighted by atomic mass is 15.1. The Morgan fingerprint density at radius 1 is 0.306 bits per heavy atom. The van der Waals surface area contributed by atoms with Crippen LogP contribution in [0.3, 0.4) is 0 Å². The van der Waals surface area contributed by atoms with E-state index in [4.69, 9.17) is 0 Å². The molecule has 0 aliphatic rings. The van der Waals surface area contributed by atoms with Gasteiger partial charge in [-0.1, -0.05) is 115 Å². The molecular weight excluding hydrogens is 595 g/mol. The van der Waals surface area contributed by atoms with E-state index in [9.17, 15) is 0 Å². The van der Waals surface area contributed by atoms with Crippen LogP contribution in [0.4, 0.5) is 17.1 Å². The third kappa shape index (κ3) is 4.29. The number of benzene rings is 8. The fraction of sp³-hybridized carbons (Fsp3) is 0. The summed E-state index contributed by atoms with van der Waals surface area (Å²) in [5.41, 5.74) is 10.4. The molecule has 8 aromatic carbocycles. The van der Waals surface area contributed by atoms with Gasteiger partial charge in [-0.3, -0.25) is 0 Å². The molecule has 0 aliphatic carbocycles. The molecule has 10 aromatic rings. The minimum Gasteiger partial charge on any atom is -0.310 e. The van der Waals surface area contributed by atoms with Crippen LogP contribution in [0.1, 0.15) is 0 Å². The predicted molar refractivity (Wildman–Crippen MR) is 207 cm³/mol. The second-order valence-electron chi connectivity index (χ2n) is 12.6. The van der Waals surface area contributed by atoms with Crippen LogP contribution >= 0.6 is 0 Å². The van der Waals surface area contributed by atoms with Crippen LogP contribution in [0.15, 0.2) is 188 Å². The van der Waals surface area contributed by atoms with Gasteiger partial charge in [-0.25, -0.2) is 0 Å². The van der Waals surface area contributed by atoms with Crippen molar-refractivity contribution in [3.8, 4) is 11.4 Å². The molecule has 3 heteroatoms. The summed E-state index contributed by atoms with van der Waals surface area (Å²) in [6, 6.07) is 67.8. The Labute approximate surface area is 284 Å². The third-order valence-corrected chi connectivity index (χ3v) is 9.83. The molecule has 0 atom stereocenters. The number of anilines is 3. The lowest BCUT2D eigenvalue weighted by molar-refractivity contribution is 1.16. The summed E-state index contributed by atoms with van der Waals surface area (Å²) >= 11 is 0. The van der Waals surface area contributed by atoms with Gasteiger partial charge in [-0.15, -0.1) is 0 Å². The molecule has 0 fully saturated rings. The van der Waals surface area contributed by atoms with Crippen molar-refractivity contribution in [3.05, 3.63) is 188 Å². The molecule has 0 saturated heterocycles. The SMILES string of the molecule is c1ccc(N(c2ccccc2)c2cccc(-n3c4ccccc4c4cc5c6ccc7ccccc7c6n(-c6ccccc6)c5cc43)c2)cc1. The molecule has 0 spiro atoms. The minimum absolute atomic E-state index is 1.10. The van der Waals surface area contributed by atoms with E-state index < -0.39 is 0 Å². The second-order valence-corrected chi connectivity index (χ2v) is 12.6. The maximum absolute atomic E-state index is 2.46. The minimum atomic E-state index is 1.10. The van der Waals surface area contributed by atoms with Crippen molar-refractivity contribution < 1.29 is 0 Å². The second kappa shape index (κ2) is 11.0. The fourth-order valence-electron chi connectivity index (χ4n) is 7.73. The molecule has 0 amide bonds. The summed E-state index contributed by atoms with van der Waals surface area (Å²) in [5.74, 6) is 0. The third-order valence-electron chi connectivity index (χ3n) is 9.83. The molecule has 230 valence electrons. The van der Waals surface area contributed by atoms with Crippen LogP contribution in [0.2, 0.25) is 0 Å². The maximum atomic E-state index is 2.46. The molecule has 0 aliphatic heterocycles. The van der Waals surface area contributed by atoms with Crippen LogP contribution in [0, 0.1) is 0 Å². The highest BCUT2D eigenvalue weighted by molar-refractivity contribution is 6.23. The molecule has 0 radical (unpaired) electrons. The van der Waals surface area contributed by atoms with E-state index >= 15 is 0 Å². The quantitative estimate of drug-likeness (QED) is 0.185. The summed E-state index contributed by atoms with van der Waals surface area (Å²) in [5, 5.41) is 7.51. The van der Waals surface area contributed by atoms with Crippen LogP contribution in [0.25, 0.3) is 65.8 Å². The normalized spacial score (nSPS) is 11.7. The summed E-state index contributed by atoms with van der Waals surface area (Å²) < 4.78 is 4.89. The average Bonchev–Trinajstić information content (AvgIpc) is 3.68. The lowest BCUT2D eigenvalue weighted by Gasteiger charge is -2.26. The molecular formula is C46H31N3. The average molecular weight is 626 g/mol. The molecule has 2 aromatic heterocycles. The van der Waals surface area contributed by atoms with Gasteiger partial charge in [0.1, 0.15) is 0 Å². The number of aromatic nitrogens is 2. The highest BCUT2D eigenvalue weighted by Gasteiger charge is 2.20. The lowest BCUT2D eigenvalue weighted by atomic mass is 10.0. The Bertz CT molecular complexity index is 2770. The van der Waals surface area contributed by atoms with Crippen LogP contribution in [-0.4, -0.2) is 9.13 Å². The first kappa shape index (κ1) is 27.5. The summed E-state index contributed by atoms with van der Waals surface area (Å²) in [4.78, 5) is 2.33. The number of nitrogens with zero attached hydrogens (tertiary/aromatic N) is 3. The molecule has 0 N–H and O–H groups in total. The van der Waals surface area contributed by atoms with E-state index in [1.54, 1.807) is 0 Å². The van der Waals surface area contributed by atoms with Gasteiger partial charge in [0, 0.05) is 55.4 Å². The van der Waals surface area contributed by atoms with Gasteiger partial charge in [-0.05, 0) is 78.2 Å². The van der Waals surface area contributed by atoms with E-state index in [0.29, 0.717) is 0 Å².